The van der Waals surface area contributed by atoms with E-state index >= 15 is 0 Å². The molecule has 0 fully saturated rings. The molecule has 0 spiro atoms. The Labute approximate surface area is 138 Å². The summed E-state index contributed by atoms with van der Waals surface area (Å²) in [6.45, 7) is 0. The van der Waals surface area contributed by atoms with Crippen LogP contribution in [0.4, 0.5) is 15.8 Å². The molecule has 1 atom stereocenters. The van der Waals surface area contributed by atoms with Gasteiger partial charge in [-0.05, 0) is 30.3 Å². The fraction of sp³-hybridized carbons (Fsp3) is 0. The molecule has 1 N–H and O–H groups in total. The predicted molar refractivity (Wildman–Crippen MR) is 86.2 cm³/mol. The second-order valence-electron chi connectivity index (χ2n) is 4.83. The summed E-state index contributed by atoms with van der Waals surface area (Å²) >= 11 is -2.88. The van der Waals surface area contributed by atoms with Crippen molar-refractivity contribution >= 4 is 39.5 Å². The minimum absolute atomic E-state index is 0.134. The molecule has 6 nitrogen and oxygen atoms in total. The highest BCUT2D eigenvalue weighted by molar-refractivity contribution is 7.81. The Bertz CT molecular complexity index is 958. The molecule has 0 saturated heterocycles. The van der Waals surface area contributed by atoms with Crippen molar-refractivity contribution in [2.75, 3.05) is 4.31 Å². The molecule has 0 aliphatic carbocycles. The lowest BCUT2D eigenvalue weighted by Crippen LogP contribution is -2.22. The highest BCUT2D eigenvalue weighted by Gasteiger charge is 2.21. The molecule has 1 heterocycles. The van der Waals surface area contributed by atoms with Gasteiger partial charge in [0.25, 0.3) is 0 Å². The lowest BCUT2D eigenvalue weighted by atomic mass is 10.1. The number of fused-ring (bicyclic) bond motifs is 1. The topological polar surface area (TPSA) is 93.6 Å². The zero-order valence-electron chi connectivity index (χ0n) is 12.0. The van der Waals surface area contributed by atoms with Gasteiger partial charge in [0.1, 0.15) is 5.82 Å². The van der Waals surface area contributed by atoms with Crippen LogP contribution in [-0.2, 0) is 11.3 Å². The number of halogens is 1. The smallest absolute Gasteiger partial charge is 0.337 e. The molecule has 3 aromatic rings. The number of hydrogen-bond donors (Lipinski definition) is 1. The van der Waals surface area contributed by atoms with Crippen LogP contribution < -0.4 is 4.31 Å². The van der Waals surface area contributed by atoms with E-state index in [1.807, 2.05) is 0 Å². The van der Waals surface area contributed by atoms with Crippen molar-refractivity contribution in [2.24, 2.45) is 0 Å². The Hall–Kier alpha value is -2.84. The second-order valence-corrected chi connectivity index (χ2v) is 5.63. The fourth-order valence-electron chi connectivity index (χ4n) is 2.40. The summed E-state index contributed by atoms with van der Waals surface area (Å²) < 4.78 is 38.0. The number of carbonyl (C=O) groups is 1. The van der Waals surface area contributed by atoms with E-state index in [1.165, 1.54) is 12.3 Å². The van der Waals surface area contributed by atoms with Gasteiger partial charge in [-0.15, -0.1) is 0 Å². The van der Waals surface area contributed by atoms with Gasteiger partial charge in [0, 0.05) is 11.6 Å². The van der Waals surface area contributed by atoms with Crippen molar-refractivity contribution in [3.05, 3.63) is 66.1 Å². The van der Waals surface area contributed by atoms with Gasteiger partial charge in [0.05, 0.1) is 33.7 Å². The largest absolute Gasteiger partial charge is 0.755 e. The summed E-state index contributed by atoms with van der Waals surface area (Å²) in [5, 5.41) is 9.95. The Balaban J connectivity index is 2.31. The monoisotopic (exact) mass is 345 g/mol. The fourth-order valence-corrected chi connectivity index (χ4v) is 3.02. The summed E-state index contributed by atoms with van der Waals surface area (Å²) in [7, 11) is 0. The van der Waals surface area contributed by atoms with Crippen molar-refractivity contribution < 1.29 is 23.1 Å². The van der Waals surface area contributed by atoms with Gasteiger partial charge >= 0.3 is 5.97 Å². The number of carboxylic acid groups (broad SMARTS) is 1. The van der Waals surface area contributed by atoms with Gasteiger partial charge in [0.2, 0.25) is 0 Å². The normalized spacial score (nSPS) is 12.1. The van der Waals surface area contributed by atoms with E-state index in [2.05, 4.69) is 4.98 Å². The predicted octanol–water partition coefficient (Wildman–Crippen LogP) is 3.00. The van der Waals surface area contributed by atoms with Crippen LogP contribution in [0, 0.1) is 5.82 Å². The zero-order valence-corrected chi connectivity index (χ0v) is 12.9. The SMILES string of the molecule is O=C(O)c1ccc(F)cc1N(c1cccc2cccnc12)S(=O)[O-]. The Kier molecular flexibility index (Phi) is 4.24. The minimum Gasteiger partial charge on any atom is -0.755 e. The highest BCUT2D eigenvalue weighted by atomic mass is 32.2. The first-order valence-corrected chi connectivity index (χ1v) is 7.78. The Morgan fingerprint density at radius 1 is 1.17 bits per heavy atom. The number of aromatic nitrogens is 1. The van der Waals surface area contributed by atoms with Crippen LogP contribution in [0.5, 0.6) is 0 Å². The number of benzene rings is 2. The molecule has 122 valence electrons. The van der Waals surface area contributed by atoms with Gasteiger partial charge in [-0.2, -0.15) is 0 Å². The van der Waals surface area contributed by atoms with Gasteiger partial charge in [-0.25, -0.2) is 9.18 Å². The number of anilines is 2. The first-order valence-electron chi connectivity index (χ1n) is 6.75. The van der Waals surface area contributed by atoms with E-state index in [9.17, 15) is 23.1 Å². The first kappa shape index (κ1) is 16.0. The maximum Gasteiger partial charge on any atom is 0.337 e. The second kappa shape index (κ2) is 6.34. The molecule has 0 aliphatic heterocycles. The minimum atomic E-state index is -2.88. The maximum atomic E-state index is 13.6. The third-order valence-electron chi connectivity index (χ3n) is 3.39. The van der Waals surface area contributed by atoms with E-state index in [-0.39, 0.29) is 16.9 Å². The van der Waals surface area contributed by atoms with Crippen LogP contribution in [0.3, 0.4) is 0 Å². The molecular weight excluding hydrogens is 335 g/mol. The van der Waals surface area contributed by atoms with E-state index in [1.54, 1.807) is 24.3 Å². The maximum absolute atomic E-state index is 13.6. The number of hydrogen-bond acceptors (Lipinski definition) is 4. The van der Waals surface area contributed by atoms with E-state index in [0.717, 1.165) is 22.5 Å². The van der Waals surface area contributed by atoms with Crippen LogP contribution in [0.2, 0.25) is 0 Å². The lowest BCUT2D eigenvalue weighted by molar-refractivity contribution is 0.0698. The van der Waals surface area contributed by atoms with Crippen LogP contribution >= 0.6 is 0 Å². The zero-order chi connectivity index (χ0) is 17.3. The van der Waals surface area contributed by atoms with Gasteiger partial charge < -0.3 is 9.66 Å². The number of aromatic carboxylic acids is 1. The van der Waals surface area contributed by atoms with Crippen LogP contribution in [0.1, 0.15) is 10.4 Å². The number of carboxylic acids is 1. The van der Waals surface area contributed by atoms with Crippen molar-refractivity contribution in [3.63, 3.8) is 0 Å². The molecule has 0 bridgehead atoms. The first-order chi connectivity index (χ1) is 11.5. The molecule has 0 radical (unpaired) electrons. The average Bonchev–Trinajstić information content (AvgIpc) is 2.55. The molecule has 8 heteroatoms. The van der Waals surface area contributed by atoms with Crippen LogP contribution in [0.15, 0.2) is 54.7 Å². The Morgan fingerprint density at radius 2 is 1.92 bits per heavy atom. The van der Waals surface area contributed by atoms with Crippen LogP contribution in [-0.4, -0.2) is 24.8 Å². The van der Waals surface area contributed by atoms with Crippen LogP contribution in [0.25, 0.3) is 10.9 Å². The number of para-hydroxylation sites is 1. The highest BCUT2D eigenvalue weighted by Crippen LogP contribution is 2.34. The number of nitrogens with zero attached hydrogens (tertiary/aromatic N) is 2. The van der Waals surface area contributed by atoms with Crippen molar-refractivity contribution in [2.45, 2.75) is 0 Å². The van der Waals surface area contributed by atoms with E-state index < -0.39 is 23.1 Å². The lowest BCUT2D eigenvalue weighted by Gasteiger charge is -2.28. The van der Waals surface area contributed by atoms with E-state index in [4.69, 9.17) is 0 Å². The molecule has 2 aromatic carbocycles. The van der Waals surface area contributed by atoms with E-state index in [0.29, 0.717) is 10.9 Å². The summed E-state index contributed by atoms with van der Waals surface area (Å²) in [6, 6.07) is 11.1. The summed E-state index contributed by atoms with van der Waals surface area (Å²) in [5.74, 6) is -2.12. The van der Waals surface area contributed by atoms with Gasteiger partial charge in [-0.1, -0.05) is 18.2 Å². The molecule has 1 aromatic heterocycles. The molecule has 0 saturated carbocycles. The molecule has 24 heavy (non-hydrogen) atoms. The average molecular weight is 345 g/mol. The number of pyridine rings is 1. The quantitative estimate of drug-likeness (QED) is 0.734. The Morgan fingerprint density at radius 3 is 2.62 bits per heavy atom. The van der Waals surface area contributed by atoms with Crippen molar-refractivity contribution in [1.29, 1.82) is 0 Å². The molecule has 1 unspecified atom stereocenters. The molecule has 0 amide bonds. The van der Waals surface area contributed by atoms with Gasteiger partial charge in [0.15, 0.2) is 0 Å². The third-order valence-corrected chi connectivity index (χ3v) is 4.08. The third kappa shape index (κ3) is 2.84. The standard InChI is InChI=1S/C16H11FN2O4S/c17-11-6-7-12(16(20)21)14(9-11)19(24(22)23)13-5-1-3-10-4-2-8-18-15(10)13/h1-9H,(H,20,21)(H,22,23)/p-1. The molecule has 0 aliphatic rings. The summed E-state index contributed by atoms with van der Waals surface area (Å²) in [6.07, 6.45) is 1.49. The van der Waals surface area contributed by atoms with Crippen molar-refractivity contribution in [1.82, 2.24) is 4.98 Å². The summed E-state index contributed by atoms with van der Waals surface area (Å²) in [5.41, 5.74) is -0.151. The number of rotatable bonds is 4. The molecule has 3 rings (SSSR count). The van der Waals surface area contributed by atoms with Crippen molar-refractivity contribution in [3.8, 4) is 0 Å². The van der Waals surface area contributed by atoms with Gasteiger partial charge in [-0.3, -0.25) is 13.5 Å². The molecular formula is C16H10FN2O4S-. The summed E-state index contributed by atoms with van der Waals surface area (Å²) in [4.78, 5) is 15.5.